The van der Waals surface area contributed by atoms with Gasteiger partial charge in [0.1, 0.15) is 0 Å². The maximum absolute atomic E-state index is 12.5. The van der Waals surface area contributed by atoms with Crippen LogP contribution in [0.15, 0.2) is 60.8 Å². The van der Waals surface area contributed by atoms with Gasteiger partial charge >= 0.3 is 0 Å². The molecule has 0 atom stereocenters. The predicted molar refractivity (Wildman–Crippen MR) is 98.4 cm³/mol. The van der Waals surface area contributed by atoms with Crippen molar-refractivity contribution in [2.45, 2.75) is 19.9 Å². The number of para-hydroxylation sites is 2. The molecular weight excluding hydrogens is 330 g/mol. The van der Waals surface area contributed by atoms with Crippen LogP contribution in [0.3, 0.4) is 0 Å². The molecule has 0 saturated carbocycles. The normalized spacial score (nSPS) is 10.6. The molecule has 3 rings (SSSR count). The monoisotopic (exact) mass is 349 g/mol. The van der Waals surface area contributed by atoms with Crippen LogP contribution in [-0.2, 0) is 0 Å². The first-order chi connectivity index (χ1) is 12.5. The molecule has 0 bridgehead atoms. The number of nitrogens with zero attached hydrogens (tertiary/aromatic N) is 3. The Balaban J connectivity index is 1.79. The summed E-state index contributed by atoms with van der Waals surface area (Å²) in [4.78, 5) is 24.8. The Morgan fingerprint density at radius 1 is 0.962 bits per heavy atom. The summed E-state index contributed by atoms with van der Waals surface area (Å²) in [6.07, 6.45) is 1.54. The highest BCUT2D eigenvalue weighted by molar-refractivity contribution is 6.08. The number of nitrogens with one attached hydrogen (secondary N) is 2. The number of amides is 2. The Labute approximate surface area is 151 Å². The molecule has 0 fully saturated rings. The van der Waals surface area contributed by atoms with E-state index in [1.807, 2.05) is 44.2 Å². The van der Waals surface area contributed by atoms with Crippen LogP contribution >= 0.6 is 0 Å². The van der Waals surface area contributed by atoms with Gasteiger partial charge < -0.3 is 10.6 Å². The number of aromatic nitrogens is 3. The molecule has 0 aliphatic carbocycles. The fraction of sp³-hybridized carbons (Fsp3) is 0.158. The highest BCUT2D eigenvalue weighted by Crippen LogP contribution is 2.16. The van der Waals surface area contributed by atoms with Gasteiger partial charge in [0.15, 0.2) is 5.69 Å². The highest BCUT2D eigenvalue weighted by Gasteiger charge is 2.16. The summed E-state index contributed by atoms with van der Waals surface area (Å²) in [7, 11) is 0. The van der Waals surface area contributed by atoms with E-state index in [0.717, 1.165) is 5.69 Å². The number of benzene rings is 2. The largest absolute Gasteiger partial charge is 0.350 e. The first-order valence-corrected chi connectivity index (χ1v) is 8.23. The first kappa shape index (κ1) is 17.3. The molecule has 26 heavy (non-hydrogen) atoms. The van der Waals surface area contributed by atoms with Gasteiger partial charge in [0, 0.05) is 6.04 Å². The molecule has 3 aromatic rings. The molecule has 0 radical (unpaired) electrons. The zero-order valence-electron chi connectivity index (χ0n) is 14.5. The van der Waals surface area contributed by atoms with Gasteiger partial charge in [-0.25, -0.2) is 4.68 Å². The fourth-order valence-corrected chi connectivity index (χ4v) is 2.39. The molecule has 2 N–H and O–H groups in total. The minimum atomic E-state index is -0.433. The van der Waals surface area contributed by atoms with Crippen molar-refractivity contribution in [1.29, 1.82) is 0 Å². The van der Waals surface area contributed by atoms with Crippen molar-refractivity contribution in [2.75, 3.05) is 5.32 Å². The van der Waals surface area contributed by atoms with Crippen LogP contribution in [0.1, 0.15) is 34.7 Å². The summed E-state index contributed by atoms with van der Waals surface area (Å²) in [5.74, 6) is -0.680. The standard InChI is InChI=1S/C19H19N5O2/c1-13(2)20-18(25)15-10-6-7-11-16(15)21-19(26)17-12-24(23-22-17)14-8-4-3-5-9-14/h3-13H,1-2H3,(H,20,25)(H,21,26). The van der Waals surface area contributed by atoms with Gasteiger partial charge in [0.05, 0.1) is 23.1 Å². The molecule has 1 heterocycles. The average molecular weight is 349 g/mol. The van der Waals surface area contributed by atoms with Crippen LogP contribution in [0.25, 0.3) is 5.69 Å². The lowest BCUT2D eigenvalue weighted by Gasteiger charge is -2.12. The smallest absolute Gasteiger partial charge is 0.277 e. The third-order valence-electron chi connectivity index (χ3n) is 3.59. The Morgan fingerprint density at radius 3 is 2.38 bits per heavy atom. The van der Waals surface area contributed by atoms with E-state index in [2.05, 4.69) is 20.9 Å². The van der Waals surface area contributed by atoms with Gasteiger partial charge in [-0.05, 0) is 38.1 Å². The van der Waals surface area contributed by atoms with Crippen molar-refractivity contribution in [3.8, 4) is 5.69 Å². The van der Waals surface area contributed by atoms with E-state index in [4.69, 9.17) is 0 Å². The van der Waals surface area contributed by atoms with Crippen LogP contribution < -0.4 is 10.6 Å². The lowest BCUT2D eigenvalue weighted by atomic mass is 10.1. The molecule has 2 amide bonds. The van der Waals surface area contributed by atoms with Crippen molar-refractivity contribution < 1.29 is 9.59 Å². The van der Waals surface area contributed by atoms with Gasteiger partial charge in [0.2, 0.25) is 0 Å². The van der Waals surface area contributed by atoms with E-state index < -0.39 is 5.91 Å². The van der Waals surface area contributed by atoms with Crippen LogP contribution in [0, 0.1) is 0 Å². The zero-order chi connectivity index (χ0) is 18.5. The third kappa shape index (κ3) is 3.94. The molecule has 0 saturated heterocycles. The second kappa shape index (κ2) is 7.60. The maximum Gasteiger partial charge on any atom is 0.277 e. The summed E-state index contributed by atoms with van der Waals surface area (Å²) in [5.41, 5.74) is 1.78. The molecule has 0 aliphatic rings. The van der Waals surface area contributed by atoms with E-state index >= 15 is 0 Å². The Morgan fingerprint density at radius 2 is 1.65 bits per heavy atom. The van der Waals surface area contributed by atoms with E-state index in [9.17, 15) is 9.59 Å². The lowest BCUT2D eigenvalue weighted by molar-refractivity contribution is 0.0944. The number of rotatable bonds is 5. The number of carbonyl (C=O) groups is 2. The van der Waals surface area contributed by atoms with Crippen LogP contribution in [0.2, 0.25) is 0 Å². The molecular formula is C19H19N5O2. The zero-order valence-corrected chi connectivity index (χ0v) is 14.5. The van der Waals surface area contributed by atoms with Crippen molar-refractivity contribution in [3.05, 3.63) is 72.1 Å². The molecule has 2 aromatic carbocycles. The fourth-order valence-electron chi connectivity index (χ4n) is 2.39. The van der Waals surface area contributed by atoms with E-state index in [1.54, 1.807) is 30.5 Å². The predicted octanol–water partition coefficient (Wildman–Crippen LogP) is 2.66. The number of hydrogen-bond donors (Lipinski definition) is 2. The first-order valence-electron chi connectivity index (χ1n) is 8.23. The van der Waals surface area contributed by atoms with Crippen LogP contribution in [-0.4, -0.2) is 32.9 Å². The van der Waals surface area contributed by atoms with Crippen LogP contribution in [0.5, 0.6) is 0 Å². The Bertz CT molecular complexity index is 918. The Hall–Kier alpha value is -3.48. The highest BCUT2D eigenvalue weighted by atomic mass is 16.2. The van der Waals surface area contributed by atoms with Crippen molar-refractivity contribution >= 4 is 17.5 Å². The summed E-state index contributed by atoms with van der Waals surface area (Å²) >= 11 is 0. The van der Waals surface area contributed by atoms with Gasteiger partial charge in [-0.2, -0.15) is 0 Å². The molecule has 132 valence electrons. The molecule has 1 aromatic heterocycles. The van der Waals surface area contributed by atoms with Gasteiger partial charge in [-0.15, -0.1) is 5.10 Å². The SMILES string of the molecule is CC(C)NC(=O)c1ccccc1NC(=O)c1cn(-c2ccccc2)nn1. The molecule has 0 spiro atoms. The third-order valence-corrected chi connectivity index (χ3v) is 3.59. The summed E-state index contributed by atoms with van der Waals surface area (Å²) in [6, 6.07) is 16.2. The molecule has 7 heteroatoms. The lowest BCUT2D eigenvalue weighted by Crippen LogP contribution is -2.31. The van der Waals surface area contributed by atoms with E-state index in [0.29, 0.717) is 11.3 Å². The topological polar surface area (TPSA) is 88.9 Å². The number of carbonyl (C=O) groups excluding carboxylic acids is 2. The second-order valence-corrected chi connectivity index (χ2v) is 6.01. The summed E-state index contributed by atoms with van der Waals surface area (Å²) in [6.45, 7) is 3.75. The number of anilines is 1. The minimum absolute atomic E-state index is 0.00275. The van der Waals surface area contributed by atoms with Gasteiger partial charge in [-0.1, -0.05) is 35.5 Å². The summed E-state index contributed by atoms with van der Waals surface area (Å²) in [5, 5.41) is 13.4. The average Bonchev–Trinajstić information content (AvgIpc) is 3.12. The van der Waals surface area contributed by atoms with Crippen molar-refractivity contribution in [2.24, 2.45) is 0 Å². The van der Waals surface area contributed by atoms with Gasteiger partial charge in [-0.3, -0.25) is 9.59 Å². The van der Waals surface area contributed by atoms with E-state index in [-0.39, 0.29) is 17.6 Å². The van der Waals surface area contributed by atoms with Gasteiger partial charge in [0.25, 0.3) is 11.8 Å². The van der Waals surface area contributed by atoms with Crippen LogP contribution in [0.4, 0.5) is 5.69 Å². The molecule has 7 nitrogen and oxygen atoms in total. The maximum atomic E-state index is 12.5. The quantitative estimate of drug-likeness (QED) is 0.741. The summed E-state index contributed by atoms with van der Waals surface area (Å²) < 4.78 is 1.52. The van der Waals surface area contributed by atoms with E-state index in [1.165, 1.54) is 4.68 Å². The minimum Gasteiger partial charge on any atom is -0.350 e. The van der Waals surface area contributed by atoms with Crippen molar-refractivity contribution in [1.82, 2.24) is 20.3 Å². The Kier molecular flexibility index (Phi) is 5.07. The molecule has 0 aliphatic heterocycles. The molecule has 0 unspecified atom stereocenters. The van der Waals surface area contributed by atoms with Crippen molar-refractivity contribution in [3.63, 3.8) is 0 Å². The second-order valence-electron chi connectivity index (χ2n) is 6.01. The number of hydrogen-bond acceptors (Lipinski definition) is 4.